The number of nitrogens with zero attached hydrogens (tertiary/aromatic N) is 2. The Bertz CT molecular complexity index is 385. The summed E-state index contributed by atoms with van der Waals surface area (Å²) < 4.78 is 22.3. The topological polar surface area (TPSA) is 60.8 Å². The fourth-order valence-electron chi connectivity index (χ4n) is 1.21. The van der Waals surface area contributed by atoms with Crippen molar-refractivity contribution in [3.8, 4) is 0 Å². The van der Waals surface area contributed by atoms with Crippen molar-refractivity contribution in [3.05, 3.63) is 30.1 Å². The Kier molecular flexibility index (Phi) is 6.05. The summed E-state index contributed by atoms with van der Waals surface area (Å²) in [6, 6.07) is 3.63. The predicted octanol–water partition coefficient (Wildman–Crippen LogP) is 2.72. The number of hydrogen-bond acceptors (Lipinski definition) is 5. The van der Waals surface area contributed by atoms with E-state index in [1.54, 1.807) is 32.5 Å². The predicted molar refractivity (Wildman–Crippen MR) is 67.6 cm³/mol. The van der Waals surface area contributed by atoms with Gasteiger partial charge in [0.2, 0.25) is 0 Å². The molecule has 0 spiro atoms. The second-order valence-electron chi connectivity index (χ2n) is 3.18. The smallest absolute Gasteiger partial charge is 0.308 e. The minimum atomic E-state index is -3.07. The minimum absolute atomic E-state index is 0.0387. The molecular formula is C11H17N2O3P. The van der Waals surface area contributed by atoms with Gasteiger partial charge in [-0.15, -0.1) is 0 Å². The molecule has 0 amide bonds. The highest BCUT2D eigenvalue weighted by atomic mass is 31.2. The molecule has 1 aromatic heterocycles. The molecule has 0 aliphatic heterocycles. The van der Waals surface area contributed by atoms with E-state index in [4.69, 9.17) is 9.05 Å². The molecule has 1 aromatic rings. The molecule has 0 bridgehead atoms. The molecule has 0 N–H and O–H groups in total. The molecule has 5 nitrogen and oxygen atoms in total. The average Bonchev–Trinajstić information content (AvgIpc) is 2.31. The van der Waals surface area contributed by atoms with Crippen LogP contribution in [0.4, 0.5) is 0 Å². The Morgan fingerprint density at radius 2 is 1.88 bits per heavy atom. The molecule has 1 rings (SSSR count). The van der Waals surface area contributed by atoms with Gasteiger partial charge in [-0.3, -0.25) is 14.5 Å². The van der Waals surface area contributed by atoms with Crippen LogP contribution < -0.4 is 0 Å². The van der Waals surface area contributed by atoms with E-state index >= 15 is 0 Å². The zero-order valence-electron chi connectivity index (χ0n) is 10.1. The summed E-state index contributed by atoms with van der Waals surface area (Å²) in [5, 5.41) is 0. The third-order valence-electron chi connectivity index (χ3n) is 1.85. The molecule has 0 saturated heterocycles. The largest absolute Gasteiger partial charge is 0.351 e. The standard InChI is InChI=1S/C11H17N2O3P/c1-3-15-17(14,16-4-2)10-13-9-11-5-7-12-8-6-11/h5-9H,3-4,10H2,1-2H3. The third kappa shape index (κ3) is 5.22. The van der Waals surface area contributed by atoms with Crippen LogP contribution in [0.25, 0.3) is 0 Å². The molecule has 94 valence electrons. The van der Waals surface area contributed by atoms with Crippen molar-refractivity contribution in [2.24, 2.45) is 4.99 Å². The molecule has 0 atom stereocenters. The van der Waals surface area contributed by atoms with Crippen molar-refractivity contribution >= 4 is 13.8 Å². The van der Waals surface area contributed by atoms with Crippen LogP contribution in [-0.4, -0.2) is 30.7 Å². The van der Waals surface area contributed by atoms with Crippen LogP contribution in [0.1, 0.15) is 19.4 Å². The SMILES string of the molecule is CCOP(=O)(CN=Cc1ccncc1)OCC. The van der Waals surface area contributed by atoms with E-state index in [0.717, 1.165) is 5.56 Å². The van der Waals surface area contributed by atoms with Gasteiger partial charge in [0.1, 0.15) is 6.29 Å². The average molecular weight is 256 g/mol. The second-order valence-corrected chi connectivity index (χ2v) is 5.20. The fourth-order valence-corrected chi connectivity index (χ4v) is 2.51. The number of aromatic nitrogens is 1. The van der Waals surface area contributed by atoms with Gasteiger partial charge in [-0.1, -0.05) is 0 Å². The van der Waals surface area contributed by atoms with Gasteiger partial charge >= 0.3 is 7.60 Å². The quantitative estimate of drug-likeness (QED) is 0.556. The van der Waals surface area contributed by atoms with Gasteiger partial charge in [-0.25, -0.2) is 0 Å². The van der Waals surface area contributed by atoms with Crippen LogP contribution in [0.5, 0.6) is 0 Å². The maximum atomic E-state index is 12.0. The zero-order chi connectivity index (χ0) is 12.6. The van der Waals surface area contributed by atoms with E-state index in [-0.39, 0.29) is 6.29 Å². The Morgan fingerprint density at radius 1 is 1.29 bits per heavy atom. The van der Waals surface area contributed by atoms with Crippen molar-refractivity contribution in [2.45, 2.75) is 13.8 Å². The van der Waals surface area contributed by atoms with E-state index in [1.807, 2.05) is 12.1 Å². The summed E-state index contributed by atoms with van der Waals surface area (Å²) in [6.45, 7) is 4.25. The summed E-state index contributed by atoms with van der Waals surface area (Å²) in [7, 11) is -3.07. The minimum Gasteiger partial charge on any atom is -0.308 e. The van der Waals surface area contributed by atoms with Gasteiger partial charge in [-0.05, 0) is 31.5 Å². The van der Waals surface area contributed by atoms with Gasteiger partial charge in [0, 0.05) is 18.6 Å². The van der Waals surface area contributed by atoms with E-state index in [9.17, 15) is 4.57 Å². The molecule has 6 heteroatoms. The maximum Gasteiger partial charge on any atom is 0.351 e. The highest BCUT2D eigenvalue weighted by molar-refractivity contribution is 7.53. The van der Waals surface area contributed by atoms with Crippen LogP contribution in [0.15, 0.2) is 29.5 Å². The van der Waals surface area contributed by atoms with Crippen molar-refractivity contribution in [2.75, 3.05) is 19.5 Å². The Labute approximate surface area is 101 Å². The lowest BCUT2D eigenvalue weighted by atomic mass is 10.3. The summed E-state index contributed by atoms with van der Waals surface area (Å²) in [6.07, 6.45) is 5.02. The van der Waals surface area contributed by atoms with Crippen molar-refractivity contribution in [3.63, 3.8) is 0 Å². The van der Waals surface area contributed by atoms with Crippen LogP contribution in [-0.2, 0) is 13.6 Å². The molecule has 0 aliphatic rings. The first-order valence-corrected chi connectivity index (χ1v) is 7.21. The lowest BCUT2D eigenvalue weighted by molar-refractivity contribution is 0.221. The third-order valence-corrected chi connectivity index (χ3v) is 3.67. The molecule has 1 heterocycles. The normalized spacial score (nSPS) is 12.1. The Balaban J connectivity index is 2.58. The van der Waals surface area contributed by atoms with E-state index < -0.39 is 7.60 Å². The van der Waals surface area contributed by atoms with E-state index in [2.05, 4.69) is 9.98 Å². The van der Waals surface area contributed by atoms with Crippen LogP contribution in [0.2, 0.25) is 0 Å². The number of hydrogen-bond donors (Lipinski definition) is 0. The molecule has 17 heavy (non-hydrogen) atoms. The summed E-state index contributed by atoms with van der Waals surface area (Å²) in [5.41, 5.74) is 0.902. The first kappa shape index (κ1) is 14.0. The van der Waals surface area contributed by atoms with Gasteiger partial charge in [0.25, 0.3) is 0 Å². The maximum absolute atomic E-state index is 12.0. The lowest BCUT2D eigenvalue weighted by Gasteiger charge is -2.14. The van der Waals surface area contributed by atoms with Crippen molar-refractivity contribution < 1.29 is 13.6 Å². The van der Waals surface area contributed by atoms with Crippen LogP contribution in [0, 0.1) is 0 Å². The molecular weight excluding hydrogens is 239 g/mol. The number of rotatable bonds is 7. The summed E-state index contributed by atoms with van der Waals surface area (Å²) >= 11 is 0. The van der Waals surface area contributed by atoms with Gasteiger partial charge in [0.05, 0.1) is 13.2 Å². The number of pyridine rings is 1. The molecule has 0 unspecified atom stereocenters. The lowest BCUT2D eigenvalue weighted by Crippen LogP contribution is -1.99. The Morgan fingerprint density at radius 3 is 2.41 bits per heavy atom. The molecule has 0 saturated carbocycles. The molecule has 0 fully saturated rings. The summed E-state index contributed by atoms with van der Waals surface area (Å²) in [4.78, 5) is 7.98. The second kappa shape index (κ2) is 7.33. The Hall–Kier alpha value is -1.03. The van der Waals surface area contributed by atoms with Crippen LogP contribution >= 0.6 is 7.60 Å². The highest BCUT2D eigenvalue weighted by Gasteiger charge is 2.22. The van der Waals surface area contributed by atoms with E-state index in [1.165, 1.54) is 0 Å². The van der Waals surface area contributed by atoms with Crippen molar-refractivity contribution in [1.82, 2.24) is 4.98 Å². The monoisotopic (exact) mass is 256 g/mol. The van der Waals surface area contributed by atoms with Crippen molar-refractivity contribution in [1.29, 1.82) is 0 Å². The van der Waals surface area contributed by atoms with Gasteiger partial charge in [-0.2, -0.15) is 0 Å². The molecule has 0 aliphatic carbocycles. The molecule has 0 aromatic carbocycles. The van der Waals surface area contributed by atoms with E-state index in [0.29, 0.717) is 13.2 Å². The number of aliphatic imine (C=N–C) groups is 1. The van der Waals surface area contributed by atoms with Gasteiger partial charge < -0.3 is 9.05 Å². The summed E-state index contributed by atoms with van der Waals surface area (Å²) in [5.74, 6) is 0. The first-order chi connectivity index (χ1) is 8.20. The highest BCUT2D eigenvalue weighted by Crippen LogP contribution is 2.47. The zero-order valence-corrected chi connectivity index (χ0v) is 11.0. The fraction of sp³-hybridized carbons (Fsp3) is 0.455. The molecule has 0 radical (unpaired) electrons. The van der Waals surface area contributed by atoms with Crippen LogP contribution in [0.3, 0.4) is 0 Å². The first-order valence-electron chi connectivity index (χ1n) is 5.48. The van der Waals surface area contributed by atoms with Gasteiger partial charge in [0.15, 0.2) is 0 Å².